The van der Waals surface area contributed by atoms with Crippen molar-refractivity contribution in [2.75, 3.05) is 5.32 Å². The molecule has 0 radical (unpaired) electrons. The van der Waals surface area contributed by atoms with Gasteiger partial charge in [-0.15, -0.1) is 0 Å². The highest BCUT2D eigenvalue weighted by atomic mass is 16.0. The predicted molar refractivity (Wildman–Crippen MR) is 86.6 cm³/mol. The Morgan fingerprint density at radius 1 is 0.750 bits per heavy atom. The van der Waals surface area contributed by atoms with Gasteiger partial charge in [-0.3, -0.25) is 4.99 Å². The van der Waals surface area contributed by atoms with Gasteiger partial charge in [0.15, 0.2) is 0 Å². The first-order valence-corrected chi connectivity index (χ1v) is 6.18. The van der Waals surface area contributed by atoms with E-state index in [1.807, 2.05) is 85.1 Å². The van der Waals surface area contributed by atoms with Crippen molar-refractivity contribution >= 4 is 17.6 Å². The highest BCUT2D eigenvalue weighted by Crippen LogP contribution is 2.08. The van der Waals surface area contributed by atoms with Crippen molar-refractivity contribution < 1.29 is 5.48 Å². The van der Waals surface area contributed by atoms with Gasteiger partial charge < -0.3 is 10.8 Å². The largest absolute Gasteiger partial charge is 0.412 e. The summed E-state index contributed by atoms with van der Waals surface area (Å²) >= 11 is 0. The van der Waals surface area contributed by atoms with Crippen LogP contribution in [0, 0.1) is 0 Å². The second-order valence-electron chi connectivity index (χ2n) is 3.87. The van der Waals surface area contributed by atoms with Gasteiger partial charge in [-0.25, -0.2) is 0 Å². The lowest BCUT2D eigenvalue weighted by Gasteiger charge is -1.97. The second-order valence-corrected chi connectivity index (χ2v) is 3.87. The van der Waals surface area contributed by atoms with E-state index in [1.54, 1.807) is 6.21 Å². The maximum atomic E-state index is 4.30. The van der Waals surface area contributed by atoms with Crippen LogP contribution >= 0.6 is 0 Å². The molecule has 0 aliphatic heterocycles. The average Bonchev–Trinajstić information content (AvgIpc) is 2.48. The summed E-state index contributed by atoms with van der Waals surface area (Å²) in [6.07, 6.45) is 9.44. The van der Waals surface area contributed by atoms with Gasteiger partial charge in [-0.1, -0.05) is 42.5 Å². The highest BCUT2D eigenvalue weighted by molar-refractivity contribution is 5.74. The van der Waals surface area contributed by atoms with Gasteiger partial charge in [0.05, 0.1) is 5.69 Å². The molecule has 2 aromatic rings. The number of para-hydroxylation sites is 2. The van der Waals surface area contributed by atoms with Crippen molar-refractivity contribution in [2.45, 2.75) is 0 Å². The summed E-state index contributed by atoms with van der Waals surface area (Å²) in [6.45, 7) is 0. The second kappa shape index (κ2) is 9.30. The van der Waals surface area contributed by atoms with E-state index in [0.717, 1.165) is 11.4 Å². The minimum absolute atomic E-state index is 0. The number of benzene rings is 2. The van der Waals surface area contributed by atoms with Crippen molar-refractivity contribution in [3.63, 3.8) is 0 Å². The molecule has 0 aromatic heterocycles. The molecule has 0 unspecified atom stereocenters. The number of nitrogens with one attached hydrogen (secondary N) is 1. The Morgan fingerprint density at radius 3 is 2.10 bits per heavy atom. The van der Waals surface area contributed by atoms with Gasteiger partial charge >= 0.3 is 0 Å². The quantitative estimate of drug-likeness (QED) is 0.650. The molecule has 0 fully saturated rings. The topological polar surface area (TPSA) is 55.9 Å². The van der Waals surface area contributed by atoms with E-state index in [1.165, 1.54) is 0 Å². The first-order valence-electron chi connectivity index (χ1n) is 6.18. The fourth-order valence-corrected chi connectivity index (χ4v) is 1.49. The fraction of sp³-hybridized carbons (Fsp3) is 0. The lowest BCUT2D eigenvalue weighted by Crippen LogP contribution is -1.84. The molecule has 0 atom stereocenters. The molecule has 3 heteroatoms. The van der Waals surface area contributed by atoms with Gasteiger partial charge in [0.1, 0.15) is 0 Å². The highest BCUT2D eigenvalue weighted by Gasteiger charge is 1.82. The standard InChI is InChI=1S/C17H16N2.H2O/c1-4-10-16(11-5-1)18-14-8-3-9-15-19-17-12-6-2-7-13-17;/h1-15,18H;1H2. The Bertz CT molecular complexity index is 560. The van der Waals surface area contributed by atoms with Crippen molar-refractivity contribution in [1.82, 2.24) is 0 Å². The van der Waals surface area contributed by atoms with Gasteiger partial charge in [0.2, 0.25) is 0 Å². The van der Waals surface area contributed by atoms with Gasteiger partial charge in [0.25, 0.3) is 0 Å². The van der Waals surface area contributed by atoms with E-state index in [-0.39, 0.29) is 5.48 Å². The van der Waals surface area contributed by atoms with Gasteiger partial charge in [-0.2, -0.15) is 0 Å². The van der Waals surface area contributed by atoms with Crippen LogP contribution in [0.5, 0.6) is 0 Å². The van der Waals surface area contributed by atoms with Crippen LogP contribution in [-0.2, 0) is 0 Å². The summed E-state index contributed by atoms with van der Waals surface area (Å²) in [5.41, 5.74) is 2.03. The molecule has 2 rings (SSSR count). The molecule has 3 N–H and O–H groups in total. The molecule has 0 bridgehead atoms. The Morgan fingerprint density at radius 2 is 1.40 bits per heavy atom. The summed E-state index contributed by atoms with van der Waals surface area (Å²) in [4.78, 5) is 4.30. The third-order valence-corrected chi connectivity index (χ3v) is 2.41. The third kappa shape index (κ3) is 5.80. The zero-order valence-electron chi connectivity index (χ0n) is 11.1. The number of rotatable bonds is 5. The molecule has 0 spiro atoms. The maximum absolute atomic E-state index is 4.30. The predicted octanol–water partition coefficient (Wildman–Crippen LogP) is 3.75. The van der Waals surface area contributed by atoms with Crippen molar-refractivity contribution in [3.8, 4) is 0 Å². The van der Waals surface area contributed by atoms with Crippen molar-refractivity contribution in [3.05, 3.63) is 85.1 Å². The Hall–Kier alpha value is -2.65. The number of aliphatic imine (C=N–C) groups is 1. The lowest BCUT2D eigenvalue weighted by atomic mass is 10.3. The van der Waals surface area contributed by atoms with Crippen LogP contribution < -0.4 is 5.32 Å². The van der Waals surface area contributed by atoms with Crippen LogP contribution in [-0.4, -0.2) is 11.7 Å². The zero-order valence-corrected chi connectivity index (χ0v) is 11.1. The van der Waals surface area contributed by atoms with Crippen LogP contribution in [0.4, 0.5) is 11.4 Å². The van der Waals surface area contributed by atoms with Crippen LogP contribution in [0.3, 0.4) is 0 Å². The van der Waals surface area contributed by atoms with Crippen LogP contribution in [0.15, 0.2) is 90.1 Å². The minimum atomic E-state index is 0. The molecule has 3 nitrogen and oxygen atoms in total. The van der Waals surface area contributed by atoms with E-state index in [4.69, 9.17) is 0 Å². The number of hydrogen-bond donors (Lipinski definition) is 1. The molecule has 0 saturated carbocycles. The number of nitrogens with zero attached hydrogens (tertiary/aromatic N) is 1. The molecule has 0 aliphatic carbocycles. The number of allylic oxidation sites excluding steroid dienone is 3. The van der Waals surface area contributed by atoms with Crippen molar-refractivity contribution in [2.24, 2.45) is 4.99 Å². The average molecular weight is 266 g/mol. The van der Waals surface area contributed by atoms with E-state index in [0.29, 0.717) is 0 Å². The summed E-state index contributed by atoms with van der Waals surface area (Å²) < 4.78 is 0. The van der Waals surface area contributed by atoms with E-state index in [2.05, 4.69) is 10.3 Å². The van der Waals surface area contributed by atoms with Crippen LogP contribution in [0.25, 0.3) is 0 Å². The van der Waals surface area contributed by atoms with E-state index in [9.17, 15) is 0 Å². The Kier molecular flexibility index (Phi) is 7.17. The molecule has 102 valence electrons. The zero-order chi connectivity index (χ0) is 13.2. The smallest absolute Gasteiger partial charge is 0.0629 e. The Balaban J connectivity index is 0.00000200. The molecular weight excluding hydrogens is 248 g/mol. The first kappa shape index (κ1) is 15.4. The summed E-state index contributed by atoms with van der Waals surface area (Å²) in [7, 11) is 0. The van der Waals surface area contributed by atoms with Gasteiger partial charge in [-0.05, 0) is 36.4 Å². The minimum Gasteiger partial charge on any atom is -0.412 e. The first-order chi connectivity index (χ1) is 9.45. The molecule has 0 aliphatic rings. The SMILES string of the molecule is C(=CC=Nc1ccccc1)C=CNc1ccccc1.O. The molecule has 0 heterocycles. The van der Waals surface area contributed by atoms with Gasteiger partial charge in [0, 0.05) is 18.1 Å². The number of anilines is 1. The normalized spacial score (nSPS) is 11.0. The number of hydrogen-bond acceptors (Lipinski definition) is 2. The molecular formula is C17H18N2O. The molecule has 20 heavy (non-hydrogen) atoms. The Labute approximate surface area is 119 Å². The maximum Gasteiger partial charge on any atom is 0.0629 e. The summed E-state index contributed by atoms with van der Waals surface area (Å²) in [5, 5.41) is 3.18. The summed E-state index contributed by atoms with van der Waals surface area (Å²) in [5.74, 6) is 0. The van der Waals surface area contributed by atoms with E-state index >= 15 is 0 Å². The van der Waals surface area contributed by atoms with Crippen LogP contribution in [0.1, 0.15) is 0 Å². The molecule has 0 amide bonds. The van der Waals surface area contributed by atoms with E-state index < -0.39 is 0 Å². The fourth-order valence-electron chi connectivity index (χ4n) is 1.49. The van der Waals surface area contributed by atoms with Crippen molar-refractivity contribution in [1.29, 1.82) is 0 Å². The van der Waals surface area contributed by atoms with Crippen LogP contribution in [0.2, 0.25) is 0 Å². The lowest BCUT2D eigenvalue weighted by molar-refractivity contribution is 0.824. The molecule has 0 saturated heterocycles. The third-order valence-electron chi connectivity index (χ3n) is 2.41. The monoisotopic (exact) mass is 266 g/mol. The summed E-state index contributed by atoms with van der Waals surface area (Å²) in [6, 6.07) is 19.9. The molecule has 2 aromatic carbocycles.